The van der Waals surface area contributed by atoms with Crippen LogP contribution in [0.2, 0.25) is 0 Å². The summed E-state index contributed by atoms with van der Waals surface area (Å²) in [6, 6.07) is 0. The first-order valence-corrected chi connectivity index (χ1v) is 5.45. The van der Waals surface area contributed by atoms with Gasteiger partial charge >= 0.3 is 11.9 Å². The van der Waals surface area contributed by atoms with Crippen molar-refractivity contribution < 1.29 is 44.7 Å². The maximum Gasteiger partial charge on any atom is 0.331 e. The van der Waals surface area contributed by atoms with Crippen LogP contribution in [0.25, 0.3) is 0 Å². The minimum atomic E-state index is -2.05. The molecule has 0 heterocycles. The average molecular weight is 292 g/mol. The second-order valence-corrected chi connectivity index (χ2v) is 3.90. The van der Waals surface area contributed by atoms with E-state index in [0.29, 0.717) is 0 Å². The quantitative estimate of drug-likeness (QED) is 0.223. The Kier molecular flexibility index (Phi) is 7.62. The molecule has 0 spiro atoms. The Balaban J connectivity index is 4.25. The Morgan fingerprint density at radius 2 is 1.70 bits per heavy atom. The molecule has 3 atom stereocenters. The lowest BCUT2D eigenvalue weighted by Gasteiger charge is -2.20. The van der Waals surface area contributed by atoms with E-state index in [1.807, 2.05) is 0 Å². The van der Waals surface area contributed by atoms with Gasteiger partial charge in [0.05, 0.1) is 13.0 Å². The number of carbonyl (C=O) groups is 3. The van der Waals surface area contributed by atoms with Crippen molar-refractivity contribution in [3.63, 3.8) is 0 Å². The summed E-state index contributed by atoms with van der Waals surface area (Å²) in [7, 11) is 0. The number of aliphatic hydroxyl groups excluding tert-OH is 4. The van der Waals surface area contributed by atoms with Crippen LogP contribution in [0.5, 0.6) is 0 Å². The Morgan fingerprint density at radius 3 is 2.15 bits per heavy atom. The molecule has 0 aliphatic heterocycles. The molecule has 9 heteroatoms. The number of hydrogen-bond acceptors (Lipinski definition) is 8. The van der Waals surface area contributed by atoms with Gasteiger partial charge in [-0.05, 0) is 0 Å². The molecule has 0 unspecified atom stereocenters. The number of aliphatic hydroxyl groups is 4. The smallest absolute Gasteiger partial charge is 0.331 e. The van der Waals surface area contributed by atoms with E-state index in [9.17, 15) is 24.6 Å². The van der Waals surface area contributed by atoms with Gasteiger partial charge in [-0.15, -0.1) is 0 Å². The molecule has 0 aromatic rings. The minimum Gasteiger partial charge on any atom is -0.478 e. The number of esters is 1. The summed E-state index contributed by atoms with van der Waals surface area (Å²) in [6.07, 6.45) is -6.34. The third kappa shape index (κ3) is 5.89. The molecule has 0 radical (unpaired) electrons. The molecule has 0 aromatic heterocycles. The van der Waals surface area contributed by atoms with Gasteiger partial charge in [0.2, 0.25) is 5.78 Å². The lowest BCUT2D eigenvalue weighted by Crippen LogP contribution is -2.45. The lowest BCUT2D eigenvalue weighted by molar-refractivity contribution is -0.155. The number of ketones is 1. The number of hydrogen-bond donors (Lipinski definition) is 5. The van der Waals surface area contributed by atoms with E-state index in [2.05, 4.69) is 11.3 Å². The Morgan fingerprint density at radius 1 is 1.15 bits per heavy atom. The van der Waals surface area contributed by atoms with E-state index in [1.165, 1.54) is 0 Å². The van der Waals surface area contributed by atoms with Gasteiger partial charge in [0, 0.05) is 5.57 Å². The number of aliphatic carboxylic acids is 1. The summed E-state index contributed by atoms with van der Waals surface area (Å²) < 4.78 is 4.38. The van der Waals surface area contributed by atoms with E-state index in [-0.39, 0.29) is 0 Å². The topological polar surface area (TPSA) is 162 Å². The predicted octanol–water partition coefficient (Wildman–Crippen LogP) is -2.80. The zero-order valence-electron chi connectivity index (χ0n) is 10.4. The number of ether oxygens (including phenoxy) is 1. The molecular weight excluding hydrogens is 276 g/mol. The maximum absolute atomic E-state index is 11.3. The van der Waals surface area contributed by atoms with E-state index in [1.54, 1.807) is 0 Å². The number of carbonyl (C=O) groups excluding carboxylic acids is 2. The summed E-state index contributed by atoms with van der Waals surface area (Å²) in [6.45, 7) is 1.30. The van der Waals surface area contributed by atoms with Gasteiger partial charge in [0.1, 0.15) is 18.3 Å². The third-order valence-electron chi connectivity index (χ3n) is 2.27. The van der Waals surface area contributed by atoms with Crippen LogP contribution in [0, 0.1) is 0 Å². The highest BCUT2D eigenvalue weighted by Crippen LogP contribution is 2.04. The summed E-state index contributed by atoms with van der Waals surface area (Å²) in [5, 5.41) is 44.5. The predicted molar refractivity (Wildman–Crippen MR) is 62.5 cm³/mol. The second-order valence-electron chi connectivity index (χ2n) is 3.90. The molecule has 0 rings (SSSR count). The van der Waals surface area contributed by atoms with Gasteiger partial charge in [-0.3, -0.25) is 9.59 Å². The van der Waals surface area contributed by atoms with Gasteiger partial charge in [-0.2, -0.15) is 0 Å². The first-order chi connectivity index (χ1) is 9.20. The summed E-state index contributed by atoms with van der Waals surface area (Å²) in [5.41, 5.74) is -0.432. The molecule has 20 heavy (non-hydrogen) atoms. The zero-order chi connectivity index (χ0) is 15.9. The monoisotopic (exact) mass is 292 g/mol. The van der Waals surface area contributed by atoms with Crippen molar-refractivity contribution in [2.75, 3.05) is 13.2 Å². The summed E-state index contributed by atoms with van der Waals surface area (Å²) in [4.78, 5) is 32.8. The van der Waals surface area contributed by atoms with Crippen LogP contribution in [0.4, 0.5) is 0 Å². The van der Waals surface area contributed by atoms with Gasteiger partial charge in [-0.1, -0.05) is 6.58 Å². The van der Waals surface area contributed by atoms with Crippen LogP contribution >= 0.6 is 0 Å². The SMILES string of the molecule is C=C(CC(=O)OCC(=O)[C@H](O)[C@@H](O)[C@H](O)CO)C(=O)O. The Labute approximate surface area is 113 Å². The van der Waals surface area contributed by atoms with Crippen LogP contribution in [0.15, 0.2) is 12.2 Å². The van der Waals surface area contributed by atoms with Crippen LogP contribution in [0.1, 0.15) is 6.42 Å². The largest absolute Gasteiger partial charge is 0.478 e. The number of carboxylic acid groups (broad SMARTS) is 1. The molecule has 114 valence electrons. The molecule has 0 amide bonds. The van der Waals surface area contributed by atoms with E-state index < -0.39 is 61.2 Å². The molecule has 0 saturated heterocycles. The molecule has 0 aromatic carbocycles. The number of Topliss-reactive ketones (excluding diaryl/α,β-unsaturated/α-hetero) is 1. The van der Waals surface area contributed by atoms with Crippen LogP contribution < -0.4 is 0 Å². The van der Waals surface area contributed by atoms with Crippen LogP contribution in [-0.4, -0.2) is 74.8 Å². The first-order valence-electron chi connectivity index (χ1n) is 5.45. The van der Waals surface area contributed by atoms with Crippen molar-refractivity contribution in [2.45, 2.75) is 24.7 Å². The highest BCUT2D eigenvalue weighted by atomic mass is 16.5. The normalized spacial score (nSPS) is 15.0. The Hall–Kier alpha value is -1.81. The summed E-state index contributed by atoms with van der Waals surface area (Å²) in [5.74, 6) is -3.55. The van der Waals surface area contributed by atoms with Gasteiger partial charge in [-0.25, -0.2) is 4.79 Å². The molecule has 0 saturated carbocycles. The molecule has 0 bridgehead atoms. The first kappa shape index (κ1) is 18.2. The van der Waals surface area contributed by atoms with Crippen molar-refractivity contribution in [1.82, 2.24) is 0 Å². The Bertz CT molecular complexity index is 389. The second kappa shape index (κ2) is 8.38. The fourth-order valence-corrected chi connectivity index (χ4v) is 1.05. The van der Waals surface area contributed by atoms with E-state index in [4.69, 9.17) is 15.3 Å². The number of carboxylic acids is 1. The van der Waals surface area contributed by atoms with Crippen molar-refractivity contribution in [3.8, 4) is 0 Å². The van der Waals surface area contributed by atoms with Crippen LogP contribution in [0.3, 0.4) is 0 Å². The average Bonchev–Trinajstić information content (AvgIpc) is 2.41. The van der Waals surface area contributed by atoms with E-state index >= 15 is 0 Å². The third-order valence-corrected chi connectivity index (χ3v) is 2.27. The maximum atomic E-state index is 11.3. The minimum absolute atomic E-state index is 0.432. The fourth-order valence-electron chi connectivity index (χ4n) is 1.05. The standard InChI is InChI=1S/C11H16O9/c1-5(11(18)19)2-8(15)20-4-7(14)10(17)9(16)6(13)3-12/h6,9-10,12-13,16-17H,1-4H2,(H,18,19)/t6-,9+,10+/m1/s1. The molecule has 5 N–H and O–H groups in total. The molecule has 0 aliphatic rings. The molecular formula is C11H16O9. The summed E-state index contributed by atoms with van der Waals surface area (Å²) >= 11 is 0. The van der Waals surface area contributed by atoms with Crippen LogP contribution in [-0.2, 0) is 19.1 Å². The lowest BCUT2D eigenvalue weighted by atomic mass is 10.1. The van der Waals surface area contributed by atoms with Gasteiger partial charge in [0.25, 0.3) is 0 Å². The van der Waals surface area contributed by atoms with Crippen molar-refractivity contribution in [1.29, 1.82) is 0 Å². The highest BCUT2D eigenvalue weighted by molar-refractivity contribution is 5.92. The van der Waals surface area contributed by atoms with Gasteiger partial charge < -0.3 is 30.3 Å². The van der Waals surface area contributed by atoms with Crippen molar-refractivity contribution >= 4 is 17.7 Å². The van der Waals surface area contributed by atoms with Crippen molar-refractivity contribution in [3.05, 3.63) is 12.2 Å². The molecule has 9 nitrogen and oxygen atoms in total. The van der Waals surface area contributed by atoms with Gasteiger partial charge in [0.15, 0.2) is 6.61 Å². The highest BCUT2D eigenvalue weighted by Gasteiger charge is 2.30. The number of rotatable bonds is 9. The molecule has 0 aliphatic carbocycles. The van der Waals surface area contributed by atoms with Crippen molar-refractivity contribution in [2.24, 2.45) is 0 Å². The zero-order valence-corrected chi connectivity index (χ0v) is 10.4. The molecule has 0 fully saturated rings. The van der Waals surface area contributed by atoms with E-state index in [0.717, 1.165) is 0 Å². The fraction of sp³-hybridized carbons (Fsp3) is 0.545.